The van der Waals surface area contributed by atoms with E-state index in [4.69, 9.17) is 0 Å². The third kappa shape index (κ3) is 4.49. The molecule has 1 aliphatic rings. The zero-order valence-electron chi connectivity index (χ0n) is 13.3. The molecule has 21 heavy (non-hydrogen) atoms. The van der Waals surface area contributed by atoms with E-state index < -0.39 is 0 Å². The van der Waals surface area contributed by atoms with E-state index in [1.165, 1.54) is 36.8 Å². The maximum atomic E-state index is 3.49. The molecule has 1 fully saturated rings. The van der Waals surface area contributed by atoms with Crippen LogP contribution in [0.5, 0.6) is 0 Å². The molecule has 3 rings (SSSR count). The molecule has 1 aromatic carbocycles. The van der Waals surface area contributed by atoms with Crippen LogP contribution >= 0.6 is 0 Å². The van der Waals surface area contributed by atoms with Gasteiger partial charge in [-0.2, -0.15) is 29.7 Å². The summed E-state index contributed by atoms with van der Waals surface area (Å²) < 4.78 is 2.24. The van der Waals surface area contributed by atoms with Crippen LogP contribution in [0.2, 0.25) is 0 Å². The number of nitrogens with zero attached hydrogens (tertiary/aromatic N) is 1. The second-order valence-electron chi connectivity index (χ2n) is 5.82. The number of hydrogen-bond donors (Lipinski definition) is 0. The Balaban J connectivity index is 0.00000161. The van der Waals surface area contributed by atoms with Crippen LogP contribution in [0.15, 0.2) is 42.7 Å². The molecule has 1 aliphatic carbocycles. The van der Waals surface area contributed by atoms with Crippen molar-refractivity contribution in [2.24, 2.45) is 5.92 Å². The van der Waals surface area contributed by atoms with E-state index in [1.807, 2.05) is 0 Å². The van der Waals surface area contributed by atoms with Crippen molar-refractivity contribution < 1.29 is 51.4 Å². The minimum Gasteiger partial charge on any atom is -0.448 e. The Morgan fingerprint density at radius 3 is 2.67 bits per heavy atom. The molecule has 2 aromatic rings. The average Bonchev–Trinajstić information content (AvgIpc) is 2.98. The van der Waals surface area contributed by atoms with Crippen LogP contribution in [0.1, 0.15) is 49.7 Å². The predicted octanol–water partition coefficient (Wildman–Crippen LogP) is 1.84. The number of aromatic nitrogens is 1. The fourth-order valence-corrected chi connectivity index (χ4v) is 3.35. The molecule has 0 saturated heterocycles. The molecule has 0 spiro atoms. The van der Waals surface area contributed by atoms with Crippen molar-refractivity contribution in [2.75, 3.05) is 0 Å². The molecule has 1 nitrogen and oxygen atoms in total. The van der Waals surface area contributed by atoms with Crippen molar-refractivity contribution in [2.45, 2.75) is 45.1 Å². The summed E-state index contributed by atoms with van der Waals surface area (Å²) in [5.74, 6) is 1.31. The molecule has 1 saturated carbocycles. The normalized spacial score (nSPS) is 21.6. The second-order valence-corrected chi connectivity index (χ2v) is 5.82. The van der Waals surface area contributed by atoms with Crippen LogP contribution in [-0.4, -0.2) is 4.57 Å². The molecule has 0 radical (unpaired) electrons. The van der Waals surface area contributed by atoms with E-state index in [0.717, 1.165) is 6.54 Å². The average molecular weight is 304 g/mol. The third-order valence-electron chi connectivity index (χ3n) is 4.49. The van der Waals surface area contributed by atoms with Crippen LogP contribution < -0.4 is 51.4 Å². The summed E-state index contributed by atoms with van der Waals surface area (Å²) in [7, 11) is 0. The molecule has 1 heterocycles. The number of hydrogen-bond acceptors (Lipinski definition) is 0. The van der Waals surface area contributed by atoms with Gasteiger partial charge < -0.3 is 4.57 Å². The Morgan fingerprint density at radius 2 is 1.95 bits per heavy atom. The van der Waals surface area contributed by atoms with Gasteiger partial charge in [0, 0.05) is 0 Å². The Labute approximate surface area is 171 Å². The van der Waals surface area contributed by atoms with E-state index >= 15 is 0 Å². The Kier molecular flexibility index (Phi) is 7.10. The summed E-state index contributed by atoms with van der Waals surface area (Å²) in [5, 5.41) is 0. The summed E-state index contributed by atoms with van der Waals surface area (Å²) in [6.45, 7) is 3.22. The van der Waals surface area contributed by atoms with Gasteiger partial charge in [0.25, 0.3) is 0 Å². The van der Waals surface area contributed by atoms with Gasteiger partial charge in [-0.3, -0.25) is 0 Å². The minimum atomic E-state index is 0. The topological polar surface area (TPSA) is 4.93 Å². The van der Waals surface area contributed by atoms with Gasteiger partial charge in [0.1, 0.15) is 0 Å². The summed E-state index contributed by atoms with van der Waals surface area (Å²) in [6.07, 6.45) is 12.2. The van der Waals surface area contributed by atoms with Crippen LogP contribution in [-0.2, 0) is 6.54 Å². The van der Waals surface area contributed by atoms with Crippen molar-refractivity contribution in [1.82, 2.24) is 4.57 Å². The van der Waals surface area contributed by atoms with E-state index in [9.17, 15) is 0 Å². The summed E-state index contributed by atoms with van der Waals surface area (Å²) in [4.78, 5) is 0. The van der Waals surface area contributed by atoms with Gasteiger partial charge >= 0.3 is 51.4 Å². The van der Waals surface area contributed by atoms with E-state index in [1.54, 1.807) is 0 Å². The number of benzene rings is 1. The second kappa shape index (κ2) is 8.59. The summed E-state index contributed by atoms with van der Waals surface area (Å²) in [6, 6.07) is 14.3. The largest absolute Gasteiger partial charge is 1.00 e. The van der Waals surface area contributed by atoms with Crippen molar-refractivity contribution in [3.8, 4) is 0 Å². The first-order valence-electron chi connectivity index (χ1n) is 7.84. The van der Waals surface area contributed by atoms with E-state index in [0.29, 0.717) is 11.8 Å². The fourth-order valence-electron chi connectivity index (χ4n) is 3.35. The van der Waals surface area contributed by atoms with Gasteiger partial charge in [-0.05, 0) is 19.9 Å². The van der Waals surface area contributed by atoms with Crippen LogP contribution in [0, 0.1) is 18.4 Å². The van der Waals surface area contributed by atoms with E-state index in [2.05, 4.69) is 66.7 Å². The maximum Gasteiger partial charge on any atom is 1.00 e. The molecule has 0 N–H and O–H groups in total. The molecule has 2 unspecified atom stereocenters. The molecule has 106 valence electrons. The first-order chi connectivity index (χ1) is 9.86. The van der Waals surface area contributed by atoms with Gasteiger partial charge in [0.05, 0.1) is 0 Å². The first kappa shape index (κ1) is 17.4. The maximum absolute atomic E-state index is 3.49. The quantitative estimate of drug-likeness (QED) is 0.600. The zero-order valence-corrected chi connectivity index (χ0v) is 16.4. The SMILES string of the molecule is CCn1c[c-]c(C2CCCCC2[CH-]c2ccccc2)c1.[K+]. The molecular formula is C19H23KN-. The summed E-state index contributed by atoms with van der Waals surface area (Å²) >= 11 is 0. The third-order valence-corrected chi connectivity index (χ3v) is 4.49. The molecule has 2 heteroatoms. The monoisotopic (exact) mass is 304 g/mol. The number of aryl methyl sites for hydroxylation is 1. The van der Waals surface area contributed by atoms with Crippen molar-refractivity contribution in [3.63, 3.8) is 0 Å². The van der Waals surface area contributed by atoms with Crippen LogP contribution in [0.4, 0.5) is 0 Å². The van der Waals surface area contributed by atoms with Gasteiger partial charge in [-0.25, -0.2) is 6.07 Å². The molecule has 0 amide bonds. The molecule has 0 aliphatic heterocycles. The van der Waals surface area contributed by atoms with Gasteiger partial charge in [-0.1, -0.05) is 37.2 Å². The van der Waals surface area contributed by atoms with Crippen molar-refractivity contribution in [1.29, 1.82) is 0 Å². The zero-order chi connectivity index (χ0) is 13.8. The van der Waals surface area contributed by atoms with Gasteiger partial charge in [0.2, 0.25) is 0 Å². The first-order valence-corrected chi connectivity index (χ1v) is 7.84. The predicted molar refractivity (Wildman–Crippen MR) is 83.5 cm³/mol. The van der Waals surface area contributed by atoms with E-state index in [-0.39, 0.29) is 51.4 Å². The molecule has 1 aromatic heterocycles. The molecule has 0 bridgehead atoms. The van der Waals surface area contributed by atoms with Gasteiger partial charge in [-0.15, -0.1) is 24.5 Å². The minimum absolute atomic E-state index is 0. The molecular weight excluding hydrogens is 281 g/mol. The Bertz CT molecular complexity index is 532. The van der Waals surface area contributed by atoms with Crippen molar-refractivity contribution >= 4 is 0 Å². The van der Waals surface area contributed by atoms with Gasteiger partial charge in [0.15, 0.2) is 0 Å². The standard InChI is InChI=1S/C19H23N.K/c1-2-20-13-12-18(15-20)19-11-7-6-10-17(19)14-16-8-4-3-5-9-16;/h3-5,8-9,13-15,17,19H,2,6-7,10-11H2,1H3;/q-2;+1. The van der Waals surface area contributed by atoms with Crippen molar-refractivity contribution in [3.05, 3.63) is 66.3 Å². The van der Waals surface area contributed by atoms with Crippen LogP contribution in [0.25, 0.3) is 0 Å². The fraction of sp³-hybridized carbons (Fsp3) is 0.421. The Morgan fingerprint density at radius 1 is 1.19 bits per heavy atom. The summed E-state index contributed by atoms with van der Waals surface area (Å²) in [5.41, 5.74) is 2.77. The Hall–Kier alpha value is 0.00636. The van der Waals surface area contributed by atoms with Crippen LogP contribution in [0.3, 0.4) is 0 Å². The number of rotatable bonds is 4. The smallest absolute Gasteiger partial charge is 0.448 e. The molecule has 2 atom stereocenters.